The molecule has 44 valence electrons. The minimum atomic E-state index is -2.43. The van der Waals surface area contributed by atoms with Crippen molar-refractivity contribution >= 4 is 10.8 Å². The molecule has 0 saturated heterocycles. The van der Waals surface area contributed by atoms with Gasteiger partial charge in [0.1, 0.15) is 0 Å². The summed E-state index contributed by atoms with van der Waals surface area (Å²) in [4.78, 5) is 0. The van der Waals surface area contributed by atoms with Crippen LogP contribution in [0.15, 0.2) is 0 Å². The molecule has 0 fully saturated rings. The minimum Gasteiger partial charge on any atom is -0.260 e. The Morgan fingerprint density at radius 3 is 2.14 bits per heavy atom. The Bertz CT molecular complexity index is 73.3. The van der Waals surface area contributed by atoms with E-state index in [0.717, 1.165) is 0 Å². The minimum absolute atomic E-state index is 0.500. The van der Waals surface area contributed by atoms with Gasteiger partial charge in [-0.25, -0.2) is 8.78 Å². The van der Waals surface area contributed by atoms with Crippen molar-refractivity contribution in [2.75, 3.05) is 12.0 Å². The molecule has 0 aliphatic heterocycles. The number of hydrogen-bond acceptors (Lipinski definition) is 1. The third-order valence-electron chi connectivity index (χ3n) is 0.361. The average Bonchev–Trinajstić information content (AvgIpc) is 1.27. The van der Waals surface area contributed by atoms with E-state index in [2.05, 4.69) is 0 Å². The van der Waals surface area contributed by atoms with Crippen LogP contribution in [0.25, 0.3) is 0 Å². The first-order chi connectivity index (χ1) is 3.13. The van der Waals surface area contributed by atoms with Crippen LogP contribution in [-0.2, 0) is 10.8 Å². The molecule has 0 aromatic rings. The zero-order valence-corrected chi connectivity index (χ0v) is 4.67. The summed E-state index contributed by atoms with van der Waals surface area (Å²) in [6.07, 6.45) is -1.17. The molecular formula is C3H6F2OS. The van der Waals surface area contributed by atoms with Gasteiger partial charge in [0, 0.05) is 17.1 Å². The molecule has 0 bridgehead atoms. The van der Waals surface area contributed by atoms with E-state index in [4.69, 9.17) is 0 Å². The molecule has 0 radical (unpaired) electrons. The Hall–Kier alpha value is 0.01000. The van der Waals surface area contributed by atoms with E-state index >= 15 is 0 Å². The molecule has 0 aromatic heterocycles. The lowest BCUT2D eigenvalue weighted by molar-refractivity contribution is 0.176. The van der Waals surface area contributed by atoms with Crippen molar-refractivity contribution in [3.63, 3.8) is 0 Å². The van der Waals surface area contributed by atoms with E-state index in [1.807, 2.05) is 0 Å². The summed E-state index contributed by atoms with van der Waals surface area (Å²) >= 11 is 0. The fourth-order valence-electron chi connectivity index (χ4n) is 0.177. The molecule has 0 rings (SSSR count). The van der Waals surface area contributed by atoms with Gasteiger partial charge in [0.25, 0.3) is 0 Å². The van der Waals surface area contributed by atoms with Gasteiger partial charge in [-0.15, -0.1) is 0 Å². The molecule has 0 aromatic carbocycles. The molecule has 7 heavy (non-hydrogen) atoms. The van der Waals surface area contributed by atoms with E-state index in [9.17, 15) is 13.0 Å². The third kappa shape index (κ3) is 6.01. The molecule has 0 heterocycles. The summed E-state index contributed by atoms with van der Waals surface area (Å²) in [6.45, 7) is 0. The summed E-state index contributed by atoms with van der Waals surface area (Å²) in [7, 11) is -1.35. The Morgan fingerprint density at radius 2 is 2.14 bits per heavy atom. The van der Waals surface area contributed by atoms with E-state index < -0.39 is 23.0 Å². The number of halogens is 2. The summed E-state index contributed by atoms with van der Waals surface area (Å²) in [6, 6.07) is 0. The monoisotopic (exact) mass is 128 g/mol. The van der Waals surface area contributed by atoms with Crippen LogP contribution in [0, 0.1) is 0 Å². The van der Waals surface area contributed by atoms with Crippen molar-refractivity contribution in [3.8, 4) is 0 Å². The quantitative estimate of drug-likeness (QED) is 0.533. The second-order valence-electron chi connectivity index (χ2n) is 1.13. The summed E-state index contributed by atoms with van der Waals surface area (Å²) in [5.41, 5.74) is 0. The fraction of sp³-hybridized carbons (Fsp3) is 1.00. The van der Waals surface area contributed by atoms with E-state index in [1.54, 1.807) is 0 Å². The summed E-state index contributed by atoms with van der Waals surface area (Å²) in [5, 5.41) is 0. The Labute approximate surface area is 43.2 Å². The SMILES string of the molecule is CS(=O)CC(F)F. The van der Waals surface area contributed by atoms with Crippen LogP contribution in [0.2, 0.25) is 0 Å². The lowest BCUT2D eigenvalue weighted by Gasteiger charge is -1.89. The van der Waals surface area contributed by atoms with Gasteiger partial charge >= 0.3 is 0 Å². The number of hydrogen-bond donors (Lipinski definition) is 0. The van der Waals surface area contributed by atoms with Gasteiger partial charge < -0.3 is 0 Å². The topological polar surface area (TPSA) is 17.1 Å². The van der Waals surface area contributed by atoms with Gasteiger partial charge in [0.05, 0.1) is 5.75 Å². The van der Waals surface area contributed by atoms with Crippen LogP contribution in [0.1, 0.15) is 0 Å². The molecule has 1 atom stereocenters. The average molecular weight is 128 g/mol. The Kier molecular flexibility index (Phi) is 3.07. The second kappa shape index (κ2) is 3.07. The lowest BCUT2D eigenvalue weighted by atomic mass is 10.9. The molecule has 1 unspecified atom stereocenters. The molecule has 1 nitrogen and oxygen atoms in total. The van der Waals surface area contributed by atoms with Crippen LogP contribution in [0.3, 0.4) is 0 Å². The number of rotatable bonds is 2. The molecule has 0 aliphatic carbocycles. The van der Waals surface area contributed by atoms with Gasteiger partial charge in [-0.3, -0.25) is 4.21 Å². The highest BCUT2D eigenvalue weighted by atomic mass is 32.2. The van der Waals surface area contributed by atoms with Gasteiger partial charge in [0.2, 0.25) is 6.43 Å². The molecular weight excluding hydrogens is 122 g/mol. The van der Waals surface area contributed by atoms with Gasteiger partial charge in [-0.1, -0.05) is 0 Å². The predicted molar refractivity (Wildman–Crippen MR) is 24.9 cm³/mol. The molecule has 4 heteroatoms. The van der Waals surface area contributed by atoms with Gasteiger partial charge in [-0.05, 0) is 0 Å². The van der Waals surface area contributed by atoms with Crippen molar-refractivity contribution < 1.29 is 13.0 Å². The zero-order chi connectivity index (χ0) is 5.86. The third-order valence-corrected chi connectivity index (χ3v) is 1.08. The maximum Gasteiger partial charge on any atom is 0.250 e. The molecule has 0 amide bonds. The Balaban J connectivity index is 3.13. The van der Waals surface area contributed by atoms with Crippen molar-refractivity contribution in [1.82, 2.24) is 0 Å². The molecule has 0 spiro atoms. The zero-order valence-electron chi connectivity index (χ0n) is 3.86. The smallest absolute Gasteiger partial charge is 0.250 e. The van der Waals surface area contributed by atoms with Crippen LogP contribution < -0.4 is 0 Å². The second-order valence-corrected chi connectivity index (χ2v) is 2.61. The molecule has 0 saturated carbocycles. The van der Waals surface area contributed by atoms with Crippen molar-refractivity contribution in [2.24, 2.45) is 0 Å². The van der Waals surface area contributed by atoms with E-state index in [1.165, 1.54) is 6.26 Å². The van der Waals surface area contributed by atoms with E-state index in [-0.39, 0.29) is 0 Å². The highest BCUT2D eigenvalue weighted by Gasteiger charge is 2.02. The van der Waals surface area contributed by atoms with Crippen molar-refractivity contribution in [1.29, 1.82) is 0 Å². The first-order valence-electron chi connectivity index (χ1n) is 1.71. The predicted octanol–water partition coefficient (Wildman–Crippen LogP) is 0.630. The standard InChI is InChI=1S/C3H6F2OS/c1-7(6)2-3(4)5/h3H,2H2,1H3. The number of alkyl halides is 2. The maximum absolute atomic E-state index is 11.1. The normalized spacial score (nSPS) is 14.9. The Morgan fingerprint density at radius 1 is 1.71 bits per heavy atom. The van der Waals surface area contributed by atoms with Gasteiger partial charge in [0.15, 0.2) is 0 Å². The van der Waals surface area contributed by atoms with Gasteiger partial charge in [-0.2, -0.15) is 0 Å². The van der Waals surface area contributed by atoms with E-state index in [0.29, 0.717) is 0 Å². The van der Waals surface area contributed by atoms with Crippen molar-refractivity contribution in [3.05, 3.63) is 0 Å². The fourth-order valence-corrected chi connectivity index (χ4v) is 0.532. The largest absolute Gasteiger partial charge is 0.260 e. The molecule has 0 aliphatic rings. The van der Waals surface area contributed by atoms with Crippen LogP contribution in [0.4, 0.5) is 8.78 Å². The molecule has 0 N–H and O–H groups in total. The maximum atomic E-state index is 11.1. The lowest BCUT2D eigenvalue weighted by Crippen LogP contribution is -2.03. The highest BCUT2D eigenvalue weighted by molar-refractivity contribution is 7.84. The van der Waals surface area contributed by atoms with Crippen LogP contribution in [0.5, 0.6) is 0 Å². The first kappa shape index (κ1) is 7.01. The highest BCUT2D eigenvalue weighted by Crippen LogP contribution is 1.91. The van der Waals surface area contributed by atoms with Crippen LogP contribution in [-0.4, -0.2) is 22.6 Å². The van der Waals surface area contributed by atoms with Crippen LogP contribution >= 0.6 is 0 Å². The summed E-state index contributed by atoms with van der Waals surface area (Å²) in [5.74, 6) is -0.500. The van der Waals surface area contributed by atoms with Crippen molar-refractivity contribution in [2.45, 2.75) is 6.43 Å². The first-order valence-corrected chi connectivity index (χ1v) is 3.44. The summed E-state index contributed by atoms with van der Waals surface area (Å²) < 4.78 is 32.1.